The van der Waals surface area contributed by atoms with Crippen molar-refractivity contribution in [1.82, 2.24) is 4.98 Å². The lowest BCUT2D eigenvalue weighted by molar-refractivity contribution is -0.121. The summed E-state index contributed by atoms with van der Waals surface area (Å²) in [6.45, 7) is 1.37. The molecule has 2 aromatic carbocycles. The lowest BCUT2D eigenvalue weighted by Gasteiger charge is -2.38. The molecule has 5 rings (SSSR count). The number of fused-ring (bicyclic) bond motifs is 3. The Labute approximate surface area is 162 Å². The Bertz CT molecular complexity index is 1120. The van der Waals surface area contributed by atoms with Crippen LogP contribution < -0.4 is 16.0 Å². The van der Waals surface area contributed by atoms with Gasteiger partial charge in [-0.2, -0.15) is 0 Å². The van der Waals surface area contributed by atoms with Crippen LogP contribution in [0.1, 0.15) is 28.8 Å². The highest BCUT2D eigenvalue weighted by Gasteiger charge is 2.48. The maximum absolute atomic E-state index is 12.8. The number of anilines is 2. The number of nitrogens with one attached hydrogen (secondary N) is 1. The van der Waals surface area contributed by atoms with Crippen molar-refractivity contribution in [1.29, 1.82) is 0 Å². The molecule has 0 bridgehead atoms. The van der Waals surface area contributed by atoms with Crippen LogP contribution in [0, 0.1) is 0 Å². The molecule has 0 aliphatic carbocycles. The number of carbonyl (C=O) groups is 2. The SMILES string of the molecule is NC(=O)c1cc(N2CCC3(CC2)C(=O)Nc2ccccc23)nc2ccccc12. The zero-order chi connectivity index (χ0) is 19.3. The summed E-state index contributed by atoms with van der Waals surface area (Å²) in [5.41, 5.74) is 8.36. The summed E-state index contributed by atoms with van der Waals surface area (Å²) in [5, 5.41) is 3.79. The molecule has 140 valence electrons. The van der Waals surface area contributed by atoms with Crippen LogP contribution in [0.2, 0.25) is 0 Å². The topological polar surface area (TPSA) is 88.3 Å². The molecule has 2 amide bonds. The van der Waals surface area contributed by atoms with Crippen molar-refractivity contribution in [3.63, 3.8) is 0 Å². The van der Waals surface area contributed by atoms with Crippen molar-refractivity contribution in [2.24, 2.45) is 5.73 Å². The number of hydrogen-bond donors (Lipinski definition) is 2. The number of benzene rings is 2. The summed E-state index contributed by atoms with van der Waals surface area (Å²) in [6, 6.07) is 17.2. The van der Waals surface area contributed by atoms with Crippen LogP contribution in [-0.4, -0.2) is 29.9 Å². The average Bonchev–Trinajstić information content (AvgIpc) is 2.99. The summed E-state index contributed by atoms with van der Waals surface area (Å²) < 4.78 is 0. The first-order valence-corrected chi connectivity index (χ1v) is 9.44. The van der Waals surface area contributed by atoms with E-state index in [4.69, 9.17) is 10.7 Å². The molecule has 2 aliphatic rings. The highest BCUT2D eigenvalue weighted by molar-refractivity contribution is 6.07. The molecule has 28 heavy (non-hydrogen) atoms. The molecular formula is C22H20N4O2. The molecular weight excluding hydrogens is 352 g/mol. The van der Waals surface area contributed by atoms with Gasteiger partial charge < -0.3 is 16.0 Å². The van der Waals surface area contributed by atoms with Crippen molar-refractivity contribution in [2.75, 3.05) is 23.3 Å². The molecule has 0 atom stereocenters. The number of piperidine rings is 1. The number of primary amides is 1. The van der Waals surface area contributed by atoms with Crippen LogP contribution in [0.15, 0.2) is 54.6 Å². The number of carbonyl (C=O) groups excluding carboxylic acids is 2. The van der Waals surface area contributed by atoms with Gasteiger partial charge in [-0.1, -0.05) is 36.4 Å². The van der Waals surface area contributed by atoms with Gasteiger partial charge in [-0.15, -0.1) is 0 Å². The maximum Gasteiger partial charge on any atom is 0.249 e. The summed E-state index contributed by atoms with van der Waals surface area (Å²) in [6.07, 6.45) is 1.41. The summed E-state index contributed by atoms with van der Waals surface area (Å²) >= 11 is 0. The molecule has 6 nitrogen and oxygen atoms in total. The predicted octanol–water partition coefficient (Wildman–Crippen LogP) is 2.82. The third-order valence-electron chi connectivity index (χ3n) is 6.03. The summed E-state index contributed by atoms with van der Waals surface area (Å²) in [5.74, 6) is 0.351. The molecule has 0 unspecified atom stereocenters. The van der Waals surface area contributed by atoms with Gasteiger partial charge in [0.25, 0.3) is 0 Å². The van der Waals surface area contributed by atoms with Gasteiger partial charge >= 0.3 is 0 Å². The van der Waals surface area contributed by atoms with Crippen molar-refractivity contribution in [3.05, 3.63) is 65.7 Å². The van der Waals surface area contributed by atoms with E-state index in [0.29, 0.717) is 31.5 Å². The quantitative estimate of drug-likeness (QED) is 0.724. The number of amides is 2. The highest BCUT2D eigenvalue weighted by Crippen LogP contribution is 2.45. The number of aromatic nitrogens is 1. The van der Waals surface area contributed by atoms with Crippen molar-refractivity contribution in [2.45, 2.75) is 18.3 Å². The van der Waals surface area contributed by atoms with E-state index in [9.17, 15) is 9.59 Å². The predicted molar refractivity (Wildman–Crippen MR) is 108 cm³/mol. The first kappa shape index (κ1) is 16.7. The zero-order valence-electron chi connectivity index (χ0n) is 15.3. The molecule has 6 heteroatoms. The molecule has 3 heterocycles. The Kier molecular flexibility index (Phi) is 3.62. The van der Waals surface area contributed by atoms with Gasteiger partial charge in [-0.25, -0.2) is 4.98 Å². The van der Waals surface area contributed by atoms with E-state index in [-0.39, 0.29) is 5.91 Å². The molecule has 1 saturated heterocycles. The van der Waals surface area contributed by atoms with E-state index < -0.39 is 11.3 Å². The first-order chi connectivity index (χ1) is 13.6. The van der Waals surface area contributed by atoms with Gasteiger partial charge in [-0.05, 0) is 36.6 Å². The minimum Gasteiger partial charge on any atom is -0.366 e. The third kappa shape index (κ3) is 2.37. The van der Waals surface area contributed by atoms with E-state index in [0.717, 1.165) is 28.0 Å². The van der Waals surface area contributed by atoms with E-state index >= 15 is 0 Å². The third-order valence-corrected chi connectivity index (χ3v) is 6.03. The molecule has 0 radical (unpaired) electrons. The lowest BCUT2D eigenvalue weighted by Crippen LogP contribution is -2.46. The minimum atomic E-state index is -0.476. The second-order valence-corrected chi connectivity index (χ2v) is 7.48. The smallest absolute Gasteiger partial charge is 0.249 e. The number of rotatable bonds is 2. The molecule has 3 N–H and O–H groups in total. The highest BCUT2D eigenvalue weighted by atomic mass is 16.2. The Hall–Kier alpha value is -3.41. The molecule has 1 fully saturated rings. The monoisotopic (exact) mass is 372 g/mol. The van der Waals surface area contributed by atoms with E-state index in [1.54, 1.807) is 6.07 Å². The van der Waals surface area contributed by atoms with Crippen LogP contribution in [-0.2, 0) is 10.2 Å². The normalized spacial score (nSPS) is 17.6. The number of nitrogens with two attached hydrogens (primary N) is 1. The van der Waals surface area contributed by atoms with E-state index in [1.165, 1.54) is 0 Å². The molecule has 1 aromatic heterocycles. The Morgan fingerprint density at radius 1 is 1.07 bits per heavy atom. The Morgan fingerprint density at radius 2 is 1.79 bits per heavy atom. The number of pyridine rings is 1. The molecule has 0 saturated carbocycles. The first-order valence-electron chi connectivity index (χ1n) is 9.44. The van der Waals surface area contributed by atoms with Gasteiger partial charge in [0.05, 0.1) is 16.5 Å². The van der Waals surface area contributed by atoms with Gasteiger partial charge in [-0.3, -0.25) is 9.59 Å². The van der Waals surface area contributed by atoms with Crippen LogP contribution in [0.3, 0.4) is 0 Å². The van der Waals surface area contributed by atoms with Gasteiger partial charge in [0.1, 0.15) is 5.82 Å². The van der Waals surface area contributed by atoms with E-state index in [1.807, 2.05) is 48.5 Å². The Morgan fingerprint density at radius 3 is 2.57 bits per heavy atom. The molecule has 1 spiro atoms. The standard InChI is InChI=1S/C22H20N4O2/c23-20(27)15-13-19(24-17-7-3-1-5-14(15)17)26-11-9-22(10-12-26)16-6-2-4-8-18(16)25-21(22)28/h1-8,13H,9-12H2,(H2,23,27)(H,25,28). The average molecular weight is 372 g/mol. The van der Waals surface area contributed by atoms with Gasteiger partial charge in [0.15, 0.2) is 0 Å². The van der Waals surface area contributed by atoms with Gasteiger partial charge in [0, 0.05) is 24.2 Å². The summed E-state index contributed by atoms with van der Waals surface area (Å²) in [4.78, 5) is 31.6. The number of nitrogens with zero attached hydrogens (tertiary/aromatic N) is 2. The second kappa shape index (κ2) is 6.05. The van der Waals surface area contributed by atoms with Crippen molar-refractivity contribution in [3.8, 4) is 0 Å². The largest absolute Gasteiger partial charge is 0.366 e. The van der Waals surface area contributed by atoms with Crippen LogP contribution in [0.5, 0.6) is 0 Å². The lowest BCUT2D eigenvalue weighted by atomic mass is 9.73. The fraction of sp³-hybridized carbons (Fsp3) is 0.227. The number of hydrogen-bond acceptors (Lipinski definition) is 4. The van der Waals surface area contributed by atoms with Crippen molar-refractivity contribution < 1.29 is 9.59 Å². The second-order valence-electron chi connectivity index (χ2n) is 7.48. The zero-order valence-corrected chi connectivity index (χ0v) is 15.3. The Balaban J connectivity index is 1.48. The molecule has 2 aliphatic heterocycles. The fourth-order valence-corrected chi connectivity index (χ4v) is 4.51. The molecule has 3 aromatic rings. The maximum atomic E-state index is 12.8. The minimum absolute atomic E-state index is 0.0812. The fourth-order valence-electron chi connectivity index (χ4n) is 4.51. The number of para-hydroxylation sites is 2. The van der Waals surface area contributed by atoms with Crippen LogP contribution >= 0.6 is 0 Å². The van der Waals surface area contributed by atoms with Crippen LogP contribution in [0.4, 0.5) is 11.5 Å². The van der Waals surface area contributed by atoms with Crippen molar-refractivity contribution >= 4 is 34.2 Å². The van der Waals surface area contributed by atoms with Crippen LogP contribution in [0.25, 0.3) is 10.9 Å². The van der Waals surface area contributed by atoms with Gasteiger partial charge in [0.2, 0.25) is 11.8 Å². The summed E-state index contributed by atoms with van der Waals surface area (Å²) in [7, 11) is 0. The van der Waals surface area contributed by atoms with E-state index in [2.05, 4.69) is 10.2 Å².